The molecular formula is C16H13N3S. The Morgan fingerprint density at radius 3 is 2.80 bits per heavy atom. The molecule has 4 aromatic rings. The maximum absolute atomic E-state index is 5.66. The number of nitrogens with two attached hydrogens (primary N) is 1. The number of thiazole rings is 1. The van der Waals surface area contributed by atoms with Crippen molar-refractivity contribution in [1.29, 1.82) is 0 Å². The molecule has 0 fully saturated rings. The summed E-state index contributed by atoms with van der Waals surface area (Å²) >= 11 is 1.65. The van der Waals surface area contributed by atoms with Crippen LogP contribution in [0.3, 0.4) is 0 Å². The van der Waals surface area contributed by atoms with Gasteiger partial charge in [0, 0.05) is 23.7 Å². The topological polar surface area (TPSA) is 43.3 Å². The van der Waals surface area contributed by atoms with Gasteiger partial charge in [-0.05, 0) is 16.8 Å². The summed E-state index contributed by atoms with van der Waals surface area (Å²) in [5.41, 5.74) is 8.97. The number of hydrogen-bond acceptors (Lipinski definition) is 3. The summed E-state index contributed by atoms with van der Waals surface area (Å²) in [5.74, 6) is 0. The second-order valence-corrected chi connectivity index (χ2v) is 5.61. The van der Waals surface area contributed by atoms with E-state index in [1.54, 1.807) is 11.3 Å². The smallest absolute Gasteiger partial charge is 0.194 e. The third-order valence-corrected chi connectivity index (χ3v) is 4.35. The van der Waals surface area contributed by atoms with Crippen molar-refractivity contribution >= 4 is 27.1 Å². The third kappa shape index (κ3) is 1.73. The van der Waals surface area contributed by atoms with Crippen LogP contribution in [0.25, 0.3) is 27.0 Å². The molecule has 2 aromatic carbocycles. The monoisotopic (exact) mass is 279 g/mol. The van der Waals surface area contributed by atoms with Crippen molar-refractivity contribution in [3.63, 3.8) is 0 Å². The summed E-state index contributed by atoms with van der Waals surface area (Å²) in [6.07, 6.45) is 2.02. The van der Waals surface area contributed by atoms with Gasteiger partial charge in [-0.2, -0.15) is 0 Å². The van der Waals surface area contributed by atoms with Gasteiger partial charge in [-0.3, -0.25) is 4.40 Å². The zero-order valence-electron chi connectivity index (χ0n) is 10.8. The van der Waals surface area contributed by atoms with E-state index in [1.165, 1.54) is 22.0 Å². The molecule has 2 heterocycles. The van der Waals surface area contributed by atoms with Gasteiger partial charge in [0.1, 0.15) is 0 Å². The molecule has 20 heavy (non-hydrogen) atoms. The maximum atomic E-state index is 5.66. The molecule has 0 unspecified atom stereocenters. The highest BCUT2D eigenvalue weighted by Gasteiger charge is 2.09. The van der Waals surface area contributed by atoms with E-state index in [0.717, 1.165) is 10.7 Å². The molecule has 0 aliphatic carbocycles. The Morgan fingerprint density at radius 1 is 1.10 bits per heavy atom. The Kier molecular flexibility index (Phi) is 2.58. The van der Waals surface area contributed by atoms with Gasteiger partial charge >= 0.3 is 0 Å². The van der Waals surface area contributed by atoms with Gasteiger partial charge in [-0.25, -0.2) is 4.98 Å². The van der Waals surface area contributed by atoms with E-state index in [1.807, 2.05) is 6.20 Å². The lowest BCUT2D eigenvalue weighted by Gasteiger charge is -2.03. The number of nitrogens with zero attached hydrogens (tertiary/aromatic N) is 2. The van der Waals surface area contributed by atoms with Crippen molar-refractivity contribution in [1.82, 2.24) is 9.38 Å². The lowest BCUT2D eigenvalue weighted by Crippen LogP contribution is -1.95. The van der Waals surface area contributed by atoms with Crippen LogP contribution in [0.5, 0.6) is 0 Å². The molecule has 0 atom stereocenters. The largest absolute Gasteiger partial charge is 0.325 e. The minimum atomic E-state index is 0.478. The molecule has 0 amide bonds. The first kappa shape index (κ1) is 11.6. The molecule has 98 valence electrons. The Morgan fingerprint density at radius 2 is 1.95 bits per heavy atom. The standard InChI is InChI=1S/C16H13N3S/c17-8-14-9-19-15(10-20-16(19)18-14)13-6-5-11-3-1-2-4-12(11)7-13/h1-7,9-10H,8,17H2. The number of fused-ring (bicyclic) bond motifs is 2. The van der Waals surface area contributed by atoms with Gasteiger partial charge in [0.2, 0.25) is 0 Å². The molecule has 0 saturated heterocycles. The average molecular weight is 279 g/mol. The van der Waals surface area contributed by atoms with E-state index in [0.29, 0.717) is 6.54 Å². The summed E-state index contributed by atoms with van der Waals surface area (Å²) in [4.78, 5) is 5.49. The fraction of sp³-hybridized carbons (Fsp3) is 0.0625. The minimum Gasteiger partial charge on any atom is -0.325 e. The van der Waals surface area contributed by atoms with Crippen LogP contribution >= 0.6 is 11.3 Å². The van der Waals surface area contributed by atoms with Crippen molar-refractivity contribution in [3.05, 3.63) is 59.7 Å². The Labute approximate surface area is 120 Å². The molecular weight excluding hydrogens is 266 g/mol. The first-order chi connectivity index (χ1) is 9.85. The summed E-state index contributed by atoms with van der Waals surface area (Å²) < 4.78 is 2.12. The normalized spacial score (nSPS) is 11.4. The maximum Gasteiger partial charge on any atom is 0.194 e. The molecule has 0 bridgehead atoms. The molecule has 0 aliphatic heterocycles. The van der Waals surface area contributed by atoms with E-state index in [4.69, 9.17) is 5.73 Å². The third-order valence-electron chi connectivity index (χ3n) is 3.51. The van der Waals surface area contributed by atoms with Crippen molar-refractivity contribution in [3.8, 4) is 11.3 Å². The van der Waals surface area contributed by atoms with Crippen LogP contribution in [0.15, 0.2) is 54.0 Å². The van der Waals surface area contributed by atoms with Crippen LogP contribution in [0.4, 0.5) is 0 Å². The zero-order chi connectivity index (χ0) is 13.5. The van der Waals surface area contributed by atoms with Gasteiger partial charge in [0.25, 0.3) is 0 Å². The van der Waals surface area contributed by atoms with Gasteiger partial charge in [-0.1, -0.05) is 36.4 Å². The van der Waals surface area contributed by atoms with E-state index in [2.05, 4.69) is 57.2 Å². The number of benzene rings is 2. The van der Waals surface area contributed by atoms with Crippen molar-refractivity contribution in [2.75, 3.05) is 0 Å². The number of rotatable bonds is 2. The van der Waals surface area contributed by atoms with Crippen LogP contribution < -0.4 is 5.73 Å². The average Bonchev–Trinajstić information content (AvgIpc) is 3.06. The second-order valence-electron chi connectivity index (χ2n) is 4.77. The van der Waals surface area contributed by atoms with Gasteiger partial charge in [0.15, 0.2) is 4.96 Å². The lowest BCUT2D eigenvalue weighted by atomic mass is 10.1. The Bertz CT molecular complexity index is 904. The first-order valence-electron chi connectivity index (χ1n) is 6.50. The molecule has 2 N–H and O–H groups in total. The Hall–Kier alpha value is -2.17. The SMILES string of the molecule is NCc1cn2c(-c3ccc4ccccc4c3)csc2n1. The first-order valence-corrected chi connectivity index (χ1v) is 7.38. The highest BCUT2D eigenvalue weighted by Crippen LogP contribution is 2.28. The molecule has 0 saturated carbocycles. The van der Waals surface area contributed by atoms with Gasteiger partial charge in [0.05, 0.1) is 11.4 Å². The van der Waals surface area contributed by atoms with Crippen LogP contribution in [0, 0.1) is 0 Å². The quantitative estimate of drug-likeness (QED) is 0.608. The number of hydrogen-bond donors (Lipinski definition) is 1. The lowest BCUT2D eigenvalue weighted by molar-refractivity contribution is 1.02. The summed E-state index contributed by atoms with van der Waals surface area (Å²) in [6.45, 7) is 0.478. The van der Waals surface area contributed by atoms with E-state index in [-0.39, 0.29) is 0 Å². The number of aromatic nitrogens is 2. The summed E-state index contributed by atoms with van der Waals surface area (Å²) in [5, 5.41) is 4.66. The molecule has 4 heteroatoms. The summed E-state index contributed by atoms with van der Waals surface area (Å²) in [6, 6.07) is 14.9. The van der Waals surface area contributed by atoms with E-state index in [9.17, 15) is 0 Å². The van der Waals surface area contributed by atoms with Crippen LogP contribution in [-0.4, -0.2) is 9.38 Å². The fourth-order valence-electron chi connectivity index (χ4n) is 2.48. The van der Waals surface area contributed by atoms with Crippen LogP contribution in [0.2, 0.25) is 0 Å². The molecule has 0 spiro atoms. The molecule has 0 radical (unpaired) electrons. The zero-order valence-corrected chi connectivity index (χ0v) is 11.6. The second kappa shape index (κ2) is 4.44. The highest BCUT2D eigenvalue weighted by molar-refractivity contribution is 7.15. The number of imidazole rings is 1. The predicted octanol–water partition coefficient (Wildman–Crippen LogP) is 3.67. The predicted molar refractivity (Wildman–Crippen MR) is 83.9 cm³/mol. The van der Waals surface area contributed by atoms with Gasteiger partial charge in [-0.15, -0.1) is 11.3 Å². The molecule has 4 rings (SSSR count). The fourth-order valence-corrected chi connectivity index (χ4v) is 3.39. The Balaban J connectivity index is 1.93. The van der Waals surface area contributed by atoms with Crippen molar-refractivity contribution in [2.24, 2.45) is 5.73 Å². The van der Waals surface area contributed by atoms with Crippen molar-refractivity contribution in [2.45, 2.75) is 6.54 Å². The molecule has 0 aliphatic rings. The molecule has 3 nitrogen and oxygen atoms in total. The van der Waals surface area contributed by atoms with Crippen LogP contribution in [-0.2, 0) is 6.54 Å². The molecule has 2 aromatic heterocycles. The van der Waals surface area contributed by atoms with E-state index < -0.39 is 0 Å². The van der Waals surface area contributed by atoms with Crippen molar-refractivity contribution < 1.29 is 0 Å². The minimum absolute atomic E-state index is 0.478. The summed E-state index contributed by atoms with van der Waals surface area (Å²) in [7, 11) is 0. The van der Waals surface area contributed by atoms with E-state index >= 15 is 0 Å². The highest BCUT2D eigenvalue weighted by atomic mass is 32.1. The van der Waals surface area contributed by atoms with Gasteiger partial charge < -0.3 is 5.73 Å². The van der Waals surface area contributed by atoms with Crippen LogP contribution in [0.1, 0.15) is 5.69 Å².